The van der Waals surface area contributed by atoms with Gasteiger partial charge < -0.3 is 11.5 Å². The molecular weight excluding hydrogens is 279 g/mol. The van der Waals surface area contributed by atoms with E-state index in [4.69, 9.17) is 11.5 Å². The molecule has 8 heteroatoms. The molecule has 19 heavy (non-hydrogen) atoms. The second-order valence-electron chi connectivity index (χ2n) is 4.26. The molecule has 0 aromatic carbocycles. The number of amides is 1. The van der Waals surface area contributed by atoms with Crippen molar-refractivity contribution in [2.75, 3.05) is 5.75 Å². The van der Waals surface area contributed by atoms with Gasteiger partial charge in [0.2, 0.25) is 5.91 Å². The predicted octanol–water partition coefficient (Wildman–Crippen LogP) is 1.79. The van der Waals surface area contributed by atoms with Gasteiger partial charge >= 0.3 is 6.18 Å². The fraction of sp³-hybridized carbons (Fsp3) is 0.455. The first-order valence-electron chi connectivity index (χ1n) is 5.38. The van der Waals surface area contributed by atoms with Crippen LogP contribution in [-0.2, 0) is 11.0 Å². The van der Waals surface area contributed by atoms with Gasteiger partial charge in [0.1, 0.15) is 0 Å². The first-order valence-corrected chi connectivity index (χ1v) is 6.36. The van der Waals surface area contributed by atoms with Gasteiger partial charge in [0.15, 0.2) is 0 Å². The van der Waals surface area contributed by atoms with E-state index in [1.165, 1.54) is 24.8 Å². The molecular formula is C11H14F3N3OS. The predicted molar refractivity (Wildman–Crippen MR) is 66.4 cm³/mol. The largest absolute Gasteiger partial charge is 0.417 e. The zero-order chi connectivity index (χ0) is 14.7. The minimum absolute atomic E-state index is 0.315. The van der Waals surface area contributed by atoms with Gasteiger partial charge in [-0.1, -0.05) is 0 Å². The fourth-order valence-electron chi connectivity index (χ4n) is 1.12. The molecule has 1 aromatic rings. The van der Waals surface area contributed by atoms with E-state index in [1.807, 2.05) is 0 Å². The molecule has 0 saturated carbocycles. The third-order valence-corrected chi connectivity index (χ3v) is 3.44. The van der Waals surface area contributed by atoms with E-state index in [0.717, 1.165) is 12.3 Å². The molecule has 1 amide bonds. The van der Waals surface area contributed by atoms with E-state index in [2.05, 4.69) is 4.98 Å². The number of nitrogens with two attached hydrogens (primary N) is 2. The molecule has 1 unspecified atom stereocenters. The third-order valence-electron chi connectivity index (χ3n) is 2.50. The molecule has 0 aliphatic heterocycles. The van der Waals surface area contributed by atoms with Crippen molar-refractivity contribution in [3.63, 3.8) is 0 Å². The van der Waals surface area contributed by atoms with Crippen LogP contribution in [0.3, 0.4) is 0 Å². The zero-order valence-corrected chi connectivity index (χ0v) is 11.0. The van der Waals surface area contributed by atoms with E-state index in [1.54, 1.807) is 0 Å². The molecule has 1 rings (SSSR count). The van der Waals surface area contributed by atoms with Gasteiger partial charge in [-0.05, 0) is 25.5 Å². The van der Waals surface area contributed by atoms with E-state index in [0.29, 0.717) is 17.2 Å². The molecule has 1 heterocycles. The zero-order valence-electron chi connectivity index (χ0n) is 10.2. The normalized spacial score (nSPS) is 15.0. The second kappa shape index (κ2) is 5.79. The summed E-state index contributed by atoms with van der Waals surface area (Å²) in [6.07, 6.45) is -3.30. The molecule has 4 N–H and O–H groups in total. The average Bonchev–Trinajstić information content (AvgIpc) is 2.28. The minimum atomic E-state index is -4.39. The Balaban J connectivity index is 2.54. The number of pyridine rings is 1. The van der Waals surface area contributed by atoms with Crippen molar-refractivity contribution >= 4 is 17.7 Å². The Hall–Kier alpha value is -1.28. The average molecular weight is 293 g/mol. The number of rotatable bonds is 5. The van der Waals surface area contributed by atoms with Gasteiger partial charge in [-0.25, -0.2) is 4.98 Å². The van der Waals surface area contributed by atoms with Crippen LogP contribution in [0.25, 0.3) is 0 Å². The highest BCUT2D eigenvalue weighted by atomic mass is 32.2. The van der Waals surface area contributed by atoms with Crippen molar-refractivity contribution in [1.29, 1.82) is 0 Å². The number of primary amides is 1. The summed E-state index contributed by atoms with van der Waals surface area (Å²) in [7, 11) is 0. The molecule has 4 nitrogen and oxygen atoms in total. The van der Waals surface area contributed by atoms with Gasteiger partial charge in [0.25, 0.3) is 0 Å². The quantitative estimate of drug-likeness (QED) is 0.811. The van der Waals surface area contributed by atoms with Crippen molar-refractivity contribution in [3.8, 4) is 0 Å². The van der Waals surface area contributed by atoms with Crippen LogP contribution in [0.4, 0.5) is 13.2 Å². The van der Waals surface area contributed by atoms with Gasteiger partial charge in [-0.15, -0.1) is 11.8 Å². The van der Waals surface area contributed by atoms with E-state index in [9.17, 15) is 18.0 Å². The Bertz CT molecular complexity index is 445. The van der Waals surface area contributed by atoms with Gasteiger partial charge in [-0.3, -0.25) is 4.79 Å². The highest BCUT2D eigenvalue weighted by Crippen LogP contribution is 2.29. The molecule has 0 aliphatic carbocycles. The van der Waals surface area contributed by atoms with Crippen molar-refractivity contribution < 1.29 is 18.0 Å². The SMILES string of the molecule is CC(N)(CCSc1ccc(C(F)(F)F)cn1)C(N)=O. The number of carbonyl (C=O) groups excluding carboxylic acids is 1. The Morgan fingerprint density at radius 1 is 1.42 bits per heavy atom. The fourth-order valence-corrected chi connectivity index (χ4v) is 2.15. The van der Waals surface area contributed by atoms with Crippen LogP contribution < -0.4 is 11.5 Å². The Morgan fingerprint density at radius 2 is 2.05 bits per heavy atom. The second-order valence-corrected chi connectivity index (χ2v) is 5.38. The van der Waals surface area contributed by atoms with E-state index < -0.39 is 23.2 Å². The standard InChI is InChI=1S/C11H14F3N3OS/c1-10(16,9(15)18)4-5-19-8-3-2-7(6-17-8)11(12,13)14/h2-3,6H,4-5,16H2,1H3,(H2,15,18). The maximum Gasteiger partial charge on any atom is 0.417 e. The number of carbonyl (C=O) groups is 1. The third kappa shape index (κ3) is 4.71. The molecule has 0 radical (unpaired) electrons. The number of thioether (sulfide) groups is 1. The first kappa shape index (κ1) is 15.8. The van der Waals surface area contributed by atoms with Crippen LogP contribution >= 0.6 is 11.8 Å². The molecule has 0 aliphatic rings. The topological polar surface area (TPSA) is 82.0 Å². The maximum absolute atomic E-state index is 12.3. The number of aromatic nitrogens is 1. The van der Waals surface area contributed by atoms with Crippen LogP contribution in [0.2, 0.25) is 0 Å². The molecule has 0 spiro atoms. The van der Waals surface area contributed by atoms with Crippen LogP contribution in [0.15, 0.2) is 23.4 Å². The number of halogens is 3. The lowest BCUT2D eigenvalue weighted by atomic mass is 10.0. The number of hydrogen-bond donors (Lipinski definition) is 2. The van der Waals surface area contributed by atoms with Gasteiger partial charge in [-0.2, -0.15) is 13.2 Å². The maximum atomic E-state index is 12.3. The van der Waals surface area contributed by atoms with E-state index in [-0.39, 0.29) is 0 Å². The van der Waals surface area contributed by atoms with Crippen LogP contribution in [0.5, 0.6) is 0 Å². The Labute approximate surface area is 112 Å². The lowest BCUT2D eigenvalue weighted by molar-refractivity contribution is -0.137. The molecule has 0 saturated heterocycles. The summed E-state index contributed by atoms with van der Waals surface area (Å²) in [5.74, 6) is -0.178. The molecule has 1 aromatic heterocycles. The highest BCUT2D eigenvalue weighted by molar-refractivity contribution is 7.99. The van der Waals surface area contributed by atoms with Crippen molar-refractivity contribution in [1.82, 2.24) is 4.98 Å². The summed E-state index contributed by atoms with van der Waals surface area (Å²) in [5, 5.41) is 0.438. The minimum Gasteiger partial charge on any atom is -0.368 e. The van der Waals surface area contributed by atoms with Crippen LogP contribution in [0.1, 0.15) is 18.9 Å². The molecule has 0 bridgehead atoms. The van der Waals surface area contributed by atoms with Crippen molar-refractivity contribution in [2.24, 2.45) is 11.5 Å². The number of alkyl halides is 3. The summed E-state index contributed by atoms with van der Waals surface area (Å²) in [5.41, 5.74) is 8.83. The summed E-state index contributed by atoms with van der Waals surface area (Å²) < 4.78 is 36.9. The van der Waals surface area contributed by atoms with Gasteiger partial charge in [0.05, 0.1) is 16.1 Å². The summed E-state index contributed by atoms with van der Waals surface area (Å²) in [4.78, 5) is 14.7. The Kier molecular flexibility index (Phi) is 4.81. The van der Waals surface area contributed by atoms with Gasteiger partial charge in [0, 0.05) is 11.9 Å². The van der Waals surface area contributed by atoms with Crippen molar-refractivity contribution in [3.05, 3.63) is 23.9 Å². The summed E-state index contributed by atoms with van der Waals surface area (Å²) >= 11 is 1.22. The lowest BCUT2D eigenvalue weighted by Crippen LogP contribution is -2.49. The monoisotopic (exact) mass is 293 g/mol. The Morgan fingerprint density at radius 3 is 2.47 bits per heavy atom. The van der Waals surface area contributed by atoms with E-state index >= 15 is 0 Å². The summed E-state index contributed by atoms with van der Waals surface area (Å²) in [6, 6.07) is 2.25. The summed E-state index contributed by atoms with van der Waals surface area (Å²) in [6.45, 7) is 1.51. The van der Waals surface area contributed by atoms with Crippen molar-refractivity contribution in [2.45, 2.75) is 30.1 Å². The number of hydrogen-bond acceptors (Lipinski definition) is 4. The number of nitrogens with zero attached hydrogens (tertiary/aromatic N) is 1. The molecule has 106 valence electrons. The lowest BCUT2D eigenvalue weighted by Gasteiger charge is -2.19. The first-order chi connectivity index (χ1) is 8.63. The highest BCUT2D eigenvalue weighted by Gasteiger charge is 2.30. The van der Waals surface area contributed by atoms with Crippen LogP contribution in [-0.4, -0.2) is 22.2 Å². The smallest absolute Gasteiger partial charge is 0.368 e. The molecule has 0 fully saturated rings. The van der Waals surface area contributed by atoms with Crippen LogP contribution in [0, 0.1) is 0 Å². The molecule has 1 atom stereocenters.